The minimum absolute atomic E-state index is 0.0435. The summed E-state index contributed by atoms with van der Waals surface area (Å²) in [5.41, 5.74) is 2.45. The number of nitrogens with zero attached hydrogens (tertiary/aromatic N) is 2. The van der Waals surface area contributed by atoms with E-state index in [0.29, 0.717) is 33.3 Å². The molecule has 14 heteroatoms. The molecule has 0 aliphatic heterocycles. The fourth-order valence-electron chi connectivity index (χ4n) is 6.71. The Morgan fingerprint density at radius 1 is 0.655 bits per heavy atom. The Labute approximate surface area is 312 Å². The topological polar surface area (TPSA) is 137 Å². The number of aromatic nitrogens is 2. The summed E-state index contributed by atoms with van der Waals surface area (Å²) in [5, 5.41) is 19.8. The summed E-state index contributed by atoms with van der Waals surface area (Å²) in [6.45, 7) is 6.75. The number of carboxylic acid groups (broad SMARTS) is 2. The molecular weight excluding hydrogens is 724 g/mol. The summed E-state index contributed by atoms with van der Waals surface area (Å²) in [7, 11) is 2.61. The van der Waals surface area contributed by atoms with Crippen molar-refractivity contribution in [3.63, 3.8) is 0 Å². The Morgan fingerprint density at radius 2 is 1.07 bits per heavy atom. The third-order valence-corrected chi connectivity index (χ3v) is 9.29. The molecule has 2 aromatic heterocycles. The molecule has 0 amide bonds. The monoisotopic (exact) mass is 760 g/mol. The number of ether oxygens (including phenoxy) is 2. The number of fused-ring (bicyclic) bond motifs is 2. The van der Waals surface area contributed by atoms with E-state index in [1.165, 1.54) is 59.8 Å². The van der Waals surface area contributed by atoms with E-state index in [2.05, 4.69) is 0 Å². The smallest absolute Gasteiger partial charge is 0.311 e. The molecule has 1 unspecified atom stereocenters. The lowest BCUT2D eigenvalue weighted by Crippen LogP contribution is -2.19. The van der Waals surface area contributed by atoms with Crippen molar-refractivity contribution >= 4 is 45.6 Å². The largest absolute Gasteiger partial charge is 0.494 e. The van der Waals surface area contributed by atoms with Gasteiger partial charge in [-0.15, -0.1) is 0 Å². The minimum atomic E-state index is -1.08. The van der Waals surface area contributed by atoms with Gasteiger partial charge in [0.15, 0.2) is 23.1 Å². The zero-order valence-electron chi connectivity index (χ0n) is 30.5. The molecule has 1 atom stereocenters. The molecule has 0 spiro atoms. The standard InChI is InChI=1S/C22H21F2NO4.C19H15F2NO4/c1-11(2)19(22(27)28)20-12(3)25(21(26)13-5-7-14(23)8-6-13)17-10-16(24)18(29-4)9-15(17)20;1-10-13(8-18(23)24)14-7-17(26-2)15(21)9-16(14)22(10)19(25)11-3-5-12(20)6-4-11/h5-11,19H,1-4H3,(H,27,28);3-7,9H,8H2,1-2H3,(H,23,24). The highest BCUT2D eigenvalue weighted by molar-refractivity contribution is 6.06. The number of halogens is 4. The van der Waals surface area contributed by atoms with Crippen LogP contribution >= 0.6 is 0 Å². The first-order valence-corrected chi connectivity index (χ1v) is 16.8. The van der Waals surface area contributed by atoms with Gasteiger partial charge in [0.1, 0.15) is 11.6 Å². The van der Waals surface area contributed by atoms with E-state index < -0.39 is 52.9 Å². The van der Waals surface area contributed by atoms with E-state index in [4.69, 9.17) is 9.47 Å². The lowest BCUT2D eigenvalue weighted by Gasteiger charge is -2.17. The molecule has 10 nitrogen and oxygen atoms in total. The SMILES string of the molecule is COc1cc2c(C(C(=O)O)C(C)C)c(C)n(C(=O)c3ccc(F)cc3)c2cc1F.COc1cc2c(CC(=O)O)c(C)n(C(=O)c3ccc(F)cc3)c2cc1F. The highest BCUT2D eigenvalue weighted by atomic mass is 19.1. The predicted octanol–water partition coefficient (Wildman–Crippen LogP) is 8.30. The average molecular weight is 761 g/mol. The van der Waals surface area contributed by atoms with Crippen LogP contribution in [0.5, 0.6) is 11.5 Å². The van der Waals surface area contributed by atoms with E-state index >= 15 is 0 Å². The Kier molecular flexibility index (Phi) is 11.5. The van der Waals surface area contributed by atoms with Crippen molar-refractivity contribution in [1.29, 1.82) is 0 Å². The maximum atomic E-state index is 14.5. The summed E-state index contributed by atoms with van der Waals surface area (Å²) in [5.74, 6) is -6.73. The van der Waals surface area contributed by atoms with Crippen LogP contribution in [0.3, 0.4) is 0 Å². The quantitative estimate of drug-likeness (QED) is 0.141. The van der Waals surface area contributed by atoms with Crippen LogP contribution in [0.15, 0.2) is 72.8 Å². The van der Waals surface area contributed by atoms with E-state index in [0.717, 1.165) is 36.4 Å². The maximum Gasteiger partial charge on any atom is 0.311 e. The van der Waals surface area contributed by atoms with Crippen LogP contribution in [0.1, 0.15) is 63.0 Å². The molecular formula is C41H36F4N2O8. The second-order valence-corrected chi connectivity index (χ2v) is 13.0. The molecule has 286 valence electrons. The number of aliphatic carboxylic acids is 2. The summed E-state index contributed by atoms with van der Waals surface area (Å²) < 4.78 is 67.6. The second kappa shape index (κ2) is 15.9. The summed E-state index contributed by atoms with van der Waals surface area (Å²) in [4.78, 5) is 49.3. The number of carbonyl (C=O) groups is 4. The highest BCUT2D eigenvalue weighted by Crippen LogP contribution is 2.39. The highest BCUT2D eigenvalue weighted by Gasteiger charge is 2.32. The molecule has 0 aliphatic rings. The molecule has 2 heterocycles. The van der Waals surface area contributed by atoms with Crippen LogP contribution in [-0.4, -0.2) is 57.3 Å². The van der Waals surface area contributed by atoms with Crippen molar-refractivity contribution in [2.45, 2.75) is 40.0 Å². The first-order valence-electron chi connectivity index (χ1n) is 16.8. The van der Waals surface area contributed by atoms with Crippen LogP contribution in [-0.2, 0) is 16.0 Å². The van der Waals surface area contributed by atoms with Gasteiger partial charge in [0.05, 0.1) is 37.6 Å². The molecule has 2 N–H and O–H groups in total. The lowest BCUT2D eigenvalue weighted by atomic mass is 9.86. The Bertz CT molecular complexity index is 2470. The minimum Gasteiger partial charge on any atom is -0.494 e. The molecule has 0 aliphatic carbocycles. The summed E-state index contributed by atoms with van der Waals surface area (Å²) >= 11 is 0. The molecule has 55 heavy (non-hydrogen) atoms. The predicted molar refractivity (Wildman–Crippen MR) is 195 cm³/mol. The average Bonchev–Trinajstić information content (AvgIpc) is 3.54. The van der Waals surface area contributed by atoms with Gasteiger partial charge in [-0.3, -0.25) is 28.3 Å². The fraction of sp³-hybridized carbons (Fsp3) is 0.220. The number of methoxy groups -OCH3 is 2. The molecule has 6 rings (SSSR count). The van der Waals surface area contributed by atoms with Gasteiger partial charge < -0.3 is 19.7 Å². The second-order valence-electron chi connectivity index (χ2n) is 13.0. The van der Waals surface area contributed by atoms with Crippen molar-refractivity contribution in [2.75, 3.05) is 14.2 Å². The normalized spacial score (nSPS) is 11.7. The van der Waals surface area contributed by atoms with Crippen molar-refractivity contribution in [3.05, 3.63) is 130 Å². The van der Waals surface area contributed by atoms with Crippen molar-refractivity contribution in [2.24, 2.45) is 5.92 Å². The Morgan fingerprint density at radius 3 is 1.47 bits per heavy atom. The molecule has 0 radical (unpaired) electrons. The van der Waals surface area contributed by atoms with E-state index in [-0.39, 0.29) is 46.0 Å². The van der Waals surface area contributed by atoms with Crippen LogP contribution < -0.4 is 9.47 Å². The third kappa shape index (κ3) is 7.66. The van der Waals surface area contributed by atoms with Gasteiger partial charge in [-0.25, -0.2) is 17.6 Å². The van der Waals surface area contributed by atoms with Gasteiger partial charge >= 0.3 is 11.9 Å². The summed E-state index contributed by atoms with van der Waals surface area (Å²) in [6.07, 6.45) is -0.333. The molecule has 0 saturated carbocycles. The summed E-state index contributed by atoms with van der Waals surface area (Å²) in [6, 6.07) is 15.0. The number of hydrogen-bond donors (Lipinski definition) is 2. The number of carboxylic acids is 2. The van der Waals surface area contributed by atoms with Crippen molar-refractivity contribution < 1.29 is 56.4 Å². The zero-order valence-corrected chi connectivity index (χ0v) is 30.5. The van der Waals surface area contributed by atoms with Crippen LogP contribution in [0.25, 0.3) is 21.8 Å². The molecule has 0 saturated heterocycles. The zero-order chi connectivity index (χ0) is 40.5. The first-order chi connectivity index (χ1) is 26.0. The van der Waals surface area contributed by atoms with Gasteiger partial charge in [0, 0.05) is 45.4 Å². The van der Waals surface area contributed by atoms with Crippen LogP contribution in [0.2, 0.25) is 0 Å². The van der Waals surface area contributed by atoms with Crippen LogP contribution in [0.4, 0.5) is 17.6 Å². The number of carbonyl (C=O) groups excluding carboxylic acids is 2. The number of hydrogen-bond acceptors (Lipinski definition) is 6. The number of benzene rings is 4. The molecule has 0 fully saturated rings. The fourth-order valence-corrected chi connectivity index (χ4v) is 6.71. The van der Waals surface area contributed by atoms with Crippen LogP contribution in [0, 0.1) is 43.0 Å². The van der Waals surface area contributed by atoms with E-state index in [9.17, 15) is 47.0 Å². The van der Waals surface area contributed by atoms with Gasteiger partial charge in [-0.1, -0.05) is 13.8 Å². The molecule has 4 aromatic carbocycles. The van der Waals surface area contributed by atoms with Gasteiger partial charge in [0.2, 0.25) is 0 Å². The van der Waals surface area contributed by atoms with Crippen molar-refractivity contribution in [1.82, 2.24) is 9.13 Å². The maximum absolute atomic E-state index is 14.5. The van der Waals surface area contributed by atoms with Gasteiger partial charge in [-0.2, -0.15) is 0 Å². The molecule has 6 aromatic rings. The number of rotatable bonds is 9. The lowest BCUT2D eigenvalue weighted by molar-refractivity contribution is -0.140. The van der Waals surface area contributed by atoms with E-state index in [1.807, 2.05) is 0 Å². The van der Waals surface area contributed by atoms with Gasteiger partial charge in [0.25, 0.3) is 11.8 Å². The molecule has 0 bridgehead atoms. The first kappa shape index (κ1) is 39.8. The third-order valence-electron chi connectivity index (χ3n) is 9.29. The Balaban J connectivity index is 0.000000212. The van der Waals surface area contributed by atoms with E-state index in [1.54, 1.807) is 27.7 Å². The van der Waals surface area contributed by atoms with Gasteiger partial charge in [-0.05, 0) is 91.6 Å². The van der Waals surface area contributed by atoms with Crippen molar-refractivity contribution in [3.8, 4) is 11.5 Å². The Hall–Kier alpha value is -6.44.